The van der Waals surface area contributed by atoms with Gasteiger partial charge < -0.3 is 4.74 Å². The molecule has 0 radical (unpaired) electrons. The second-order valence-electron chi connectivity index (χ2n) is 5.75. The third-order valence-electron chi connectivity index (χ3n) is 4.21. The summed E-state index contributed by atoms with van der Waals surface area (Å²) in [6.07, 6.45) is 3.86. The van der Waals surface area contributed by atoms with E-state index < -0.39 is 10.0 Å². The van der Waals surface area contributed by atoms with Crippen LogP contribution in [-0.2, 0) is 14.8 Å². The molecule has 1 aromatic rings. The number of ether oxygens (including phenoxy) is 1. The monoisotopic (exact) mass is 408 g/mol. The zero-order valence-corrected chi connectivity index (χ0v) is 15.6. The Kier molecular flexibility index (Phi) is 5.57. The smallest absolute Gasteiger partial charge is 0.252 e. The van der Waals surface area contributed by atoms with Crippen molar-refractivity contribution < 1.29 is 13.2 Å². The largest absolute Gasteiger partial charge is 0.377 e. The second kappa shape index (κ2) is 7.27. The normalized spacial score (nSPS) is 25.4. The molecule has 0 saturated carbocycles. The van der Waals surface area contributed by atoms with Gasteiger partial charge >= 0.3 is 0 Å². The summed E-state index contributed by atoms with van der Waals surface area (Å²) in [6.45, 7) is 4.48. The van der Waals surface area contributed by atoms with E-state index in [1.165, 1.54) is 24.2 Å². The highest BCUT2D eigenvalue weighted by Gasteiger charge is 2.30. The van der Waals surface area contributed by atoms with Crippen LogP contribution in [0.25, 0.3) is 0 Å². The lowest BCUT2D eigenvalue weighted by Crippen LogP contribution is -2.50. The molecule has 2 fully saturated rings. The molecule has 0 bridgehead atoms. The standard InChI is InChI=1S/C14H21BrN2O3S2/c15-13-4-5-14(21-13)22(18,19)17-8-6-16(7-9-17)11-12-3-1-2-10-20-12/h4-5,12H,1-3,6-11H2/t12-/m0/s1. The van der Waals surface area contributed by atoms with Crippen molar-refractivity contribution in [1.29, 1.82) is 0 Å². The molecule has 0 spiro atoms. The molecular weight excluding hydrogens is 388 g/mol. The van der Waals surface area contributed by atoms with E-state index in [0.29, 0.717) is 23.4 Å². The fourth-order valence-corrected chi connectivity index (χ4v) is 6.54. The molecule has 8 heteroatoms. The molecule has 22 heavy (non-hydrogen) atoms. The zero-order chi connectivity index (χ0) is 15.6. The SMILES string of the molecule is O=S(=O)(c1ccc(Br)s1)N1CCN(C[C@@H]2CCCCO2)CC1. The summed E-state index contributed by atoms with van der Waals surface area (Å²) in [7, 11) is -3.33. The molecule has 1 atom stereocenters. The number of sulfonamides is 1. The lowest BCUT2D eigenvalue weighted by atomic mass is 10.1. The summed E-state index contributed by atoms with van der Waals surface area (Å²) in [4.78, 5) is 2.33. The Balaban J connectivity index is 1.55. The van der Waals surface area contributed by atoms with Crippen LogP contribution in [0.5, 0.6) is 0 Å². The first kappa shape index (κ1) is 16.9. The number of hydrogen-bond acceptors (Lipinski definition) is 5. The Hall–Kier alpha value is 0.01000. The van der Waals surface area contributed by atoms with E-state index in [1.807, 2.05) is 0 Å². The third kappa shape index (κ3) is 3.91. The van der Waals surface area contributed by atoms with Gasteiger partial charge in [0.15, 0.2) is 0 Å². The molecule has 0 aromatic carbocycles. The predicted octanol–water partition coefficient (Wildman–Crippen LogP) is 2.39. The third-order valence-corrected chi connectivity index (χ3v) is 8.20. The number of nitrogens with zero attached hydrogens (tertiary/aromatic N) is 2. The number of piperazine rings is 1. The molecule has 3 rings (SSSR count). The van der Waals surface area contributed by atoms with Crippen LogP contribution in [-0.4, -0.2) is 63.1 Å². The van der Waals surface area contributed by atoms with Crippen molar-refractivity contribution in [2.24, 2.45) is 0 Å². The molecule has 0 unspecified atom stereocenters. The van der Waals surface area contributed by atoms with Gasteiger partial charge in [-0.3, -0.25) is 4.90 Å². The van der Waals surface area contributed by atoms with Crippen LogP contribution in [0.4, 0.5) is 0 Å². The van der Waals surface area contributed by atoms with Crippen LogP contribution >= 0.6 is 27.3 Å². The van der Waals surface area contributed by atoms with Crippen molar-refractivity contribution in [1.82, 2.24) is 9.21 Å². The minimum atomic E-state index is -3.33. The van der Waals surface area contributed by atoms with Crippen molar-refractivity contribution in [3.63, 3.8) is 0 Å². The summed E-state index contributed by atoms with van der Waals surface area (Å²) in [5.74, 6) is 0. The van der Waals surface area contributed by atoms with Gasteiger partial charge in [-0.2, -0.15) is 4.31 Å². The first-order valence-corrected chi connectivity index (χ1v) is 10.7. The van der Waals surface area contributed by atoms with Gasteiger partial charge in [0.25, 0.3) is 10.0 Å². The highest BCUT2D eigenvalue weighted by atomic mass is 79.9. The molecular formula is C14H21BrN2O3S2. The molecule has 124 valence electrons. The highest BCUT2D eigenvalue weighted by molar-refractivity contribution is 9.11. The number of rotatable bonds is 4. The van der Waals surface area contributed by atoms with Gasteiger partial charge in [0.05, 0.1) is 9.89 Å². The summed E-state index contributed by atoms with van der Waals surface area (Å²) >= 11 is 4.60. The quantitative estimate of drug-likeness (QED) is 0.767. The first-order chi connectivity index (χ1) is 10.6. The van der Waals surface area contributed by atoms with Crippen LogP contribution in [0.3, 0.4) is 0 Å². The van der Waals surface area contributed by atoms with Crippen LogP contribution < -0.4 is 0 Å². The Morgan fingerprint density at radius 1 is 1.23 bits per heavy atom. The van der Waals surface area contributed by atoms with Crippen LogP contribution in [0.15, 0.2) is 20.1 Å². The van der Waals surface area contributed by atoms with E-state index in [4.69, 9.17) is 4.74 Å². The molecule has 5 nitrogen and oxygen atoms in total. The van der Waals surface area contributed by atoms with Gasteiger partial charge in [0, 0.05) is 39.3 Å². The van der Waals surface area contributed by atoms with Gasteiger partial charge in [-0.1, -0.05) is 0 Å². The Labute approximate surface area is 144 Å². The van der Waals surface area contributed by atoms with E-state index in [-0.39, 0.29) is 0 Å². The number of hydrogen-bond donors (Lipinski definition) is 0. The Morgan fingerprint density at radius 3 is 2.59 bits per heavy atom. The zero-order valence-electron chi connectivity index (χ0n) is 12.4. The van der Waals surface area contributed by atoms with Crippen molar-refractivity contribution in [2.45, 2.75) is 29.6 Å². The van der Waals surface area contributed by atoms with Gasteiger partial charge in [-0.25, -0.2) is 8.42 Å². The van der Waals surface area contributed by atoms with Gasteiger partial charge in [-0.05, 0) is 47.3 Å². The minimum Gasteiger partial charge on any atom is -0.377 e. The lowest BCUT2D eigenvalue weighted by Gasteiger charge is -2.36. The molecule has 1 aromatic heterocycles. The topological polar surface area (TPSA) is 49.9 Å². The number of thiophene rings is 1. The maximum absolute atomic E-state index is 12.6. The van der Waals surface area contributed by atoms with Crippen molar-refractivity contribution in [3.8, 4) is 0 Å². The van der Waals surface area contributed by atoms with Gasteiger partial charge in [0.2, 0.25) is 0 Å². The van der Waals surface area contributed by atoms with Crippen molar-refractivity contribution in [3.05, 3.63) is 15.9 Å². The average Bonchev–Trinajstić information content (AvgIpc) is 2.96. The van der Waals surface area contributed by atoms with E-state index in [1.54, 1.807) is 16.4 Å². The summed E-state index contributed by atoms with van der Waals surface area (Å²) in [5, 5.41) is 0. The fraction of sp³-hybridized carbons (Fsp3) is 0.714. The molecule has 3 heterocycles. The predicted molar refractivity (Wildman–Crippen MR) is 90.8 cm³/mol. The summed E-state index contributed by atoms with van der Waals surface area (Å²) < 4.78 is 33.8. The van der Waals surface area contributed by atoms with Crippen LogP contribution in [0, 0.1) is 0 Å². The van der Waals surface area contributed by atoms with Gasteiger partial charge in [0.1, 0.15) is 4.21 Å². The average molecular weight is 409 g/mol. The first-order valence-electron chi connectivity index (χ1n) is 7.65. The van der Waals surface area contributed by atoms with Crippen molar-refractivity contribution in [2.75, 3.05) is 39.3 Å². The Morgan fingerprint density at radius 2 is 2.00 bits per heavy atom. The molecule has 2 aliphatic heterocycles. The fourth-order valence-electron chi connectivity index (χ4n) is 2.96. The maximum Gasteiger partial charge on any atom is 0.252 e. The maximum atomic E-state index is 12.6. The Bertz CT molecular complexity index is 591. The van der Waals surface area contributed by atoms with Crippen LogP contribution in [0.2, 0.25) is 0 Å². The molecule has 0 aliphatic carbocycles. The minimum absolute atomic E-state index is 0.324. The summed E-state index contributed by atoms with van der Waals surface area (Å²) in [5.41, 5.74) is 0. The highest BCUT2D eigenvalue weighted by Crippen LogP contribution is 2.29. The molecule has 0 amide bonds. The second-order valence-corrected chi connectivity index (χ2v) is 10.4. The van der Waals surface area contributed by atoms with E-state index >= 15 is 0 Å². The number of halogens is 1. The van der Waals surface area contributed by atoms with Gasteiger partial charge in [-0.15, -0.1) is 11.3 Å². The molecule has 0 N–H and O–H groups in total. The van der Waals surface area contributed by atoms with E-state index in [0.717, 1.165) is 36.4 Å². The summed E-state index contributed by atoms with van der Waals surface area (Å²) in [6, 6.07) is 3.46. The molecule has 2 aliphatic rings. The van der Waals surface area contributed by atoms with E-state index in [2.05, 4.69) is 20.8 Å². The molecule has 2 saturated heterocycles. The van der Waals surface area contributed by atoms with Crippen LogP contribution in [0.1, 0.15) is 19.3 Å². The lowest BCUT2D eigenvalue weighted by molar-refractivity contribution is -0.0103. The van der Waals surface area contributed by atoms with E-state index in [9.17, 15) is 8.42 Å². The van der Waals surface area contributed by atoms with Crippen molar-refractivity contribution >= 4 is 37.3 Å².